The molecular formula is C11H16FNO2. The van der Waals surface area contributed by atoms with Crippen molar-refractivity contribution in [2.75, 3.05) is 27.4 Å². The van der Waals surface area contributed by atoms with E-state index < -0.39 is 0 Å². The molecule has 0 atom stereocenters. The van der Waals surface area contributed by atoms with Gasteiger partial charge < -0.3 is 9.84 Å². The maximum Gasteiger partial charge on any atom is 0.123 e. The Kier molecular flexibility index (Phi) is 4.52. The number of halogens is 1. The monoisotopic (exact) mass is 213 g/mol. The second-order valence-corrected chi connectivity index (χ2v) is 3.43. The highest BCUT2D eigenvalue weighted by molar-refractivity contribution is 5.34. The summed E-state index contributed by atoms with van der Waals surface area (Å²) in [6, 6.07) is 4.45. The summed E-state index contributed by atoms with van der Waals surface area (Å²) in [5, 5.41) is 8.81. The zero-order chi connectivity index (χ0) is 11.3. The topological polar surface area (TPSA) is 32.7 Å². The molecule has 0 radical (unpaired) electrons. The average molecular weight is 213 g/mol. The fourth-order valence-corrected chi connectivity index (χ4v) is 1.32. The fourth-order valence-electron chi connectivity index (χ4n) is 1.32. The number of likely N-dealkylation sites (N-methyl/N-ethyl adjacent to an activating group) is 1. The van der Waals surface area contributed by atoms with E-state index in [9.17, 15) is 4.39 Å². The second kappa shape index (κ2) is 5.68. The molecule has 1 rings (SSSR count). The Balaban J connectivity index is 2.69. The molecule has 0 aromatic heterocycles. The molecule has 84 valence electrons. The van der Waals surface area contributed by atoms with Crippen molar-refractivity contribution >= 4 is 0 Å². The number of ether oxygens (including phenoxy) is 1. The van der Waals surface area contributed by atoms with E-state index in [-0.39, 0.29) is 12.5 Å². The van der Waals surface area contributed by atoms with Gasteiger partial charge in [-0.15, -0.1) is 0 Å². The van der Waals surface area contributed by atoms with Gasteiger partial charge in [0.25, 0.3) is 0 Å². The van der Waals surface area contributed by atoms with E-state index in [4.69, 9.17) is 9.84 Å². The van der Waals surface area contributed by atoms with Gasteiger partial charge in [0.15, 0.2) is 0 Å². The molecule has 3 nitrogen and oxygen atoms in total. The first kappa shape index (κ1) is 11.9. The Labute approximate surface area is 89.1 Å². The maximum absolute atomic E-state index is 13.0. The van der Waals surface area contributed by atoms with Crippen molar-refractivity contribution in [2.24, 2.45) is 0 Å². The standard InChI is InChI=1S/C11H16FNO2/c1-13(8-14)6-5-9-7-10(12)3-4-11(9)15-2/h3-4,7,14H,5-6,8H2,1-2H3. The minimum absolute atomic E-state index is 0.00235. The molecule has 15 heavy (non-hydrogen) atoms. The van der Waals surface area contributed by atoms with Gasteiger partial charge in [-0.25, -0.2) is 4.39 Å². The quantitative estimate of drug-likeness (QED) is 0.747. The SMILES string of the molecule is COc1ccc(F)cc1CCN(C)CO. The summed E-state index contributed by atoms with van der Waals surface area (Å²) >= 11 is 0. The smallest absolute Gasteiger partial charge is 0.123 e. The lowest BCUT2D eigenvalue weighted by molar-refractivity contribution is 0.134. The van der Waals surface area contributed by atoms with Crippen LogP contribution in [0, 0.1) is 5.82 Å². The molecule has 0 spiro atoms. The van der Waals surface area contributed by atoms with E-state index in [2.05, 4.69) is 0 Å². The number of nitrogens with zero attached hydrogens (tertiary/aromatic N) is 1. The summed E-state index contributed by atoms with van der Waals surface area (Å²) < 4.78 is 18.1. The summed E-state index contributed by atoms with van der Waals surface area (Å²) in [5.74, 6) is 0.417. The normalized spacial score (nSPS) is 10.7. The molecule has 0 bridgehead atoms. The van der Waals surface area contributed by atoms with Crippen molar-refractivity contribution in [2.45, 2.75) is 6.42 Å². The molecule has 0 saturated heterocycles. The molecular weight excluding hydrogens is 197 g/mol. The molecule has 1 N–H and O–H groups in total. The molecule has 0 fully saturated rings. The molecule has 0 unspecified atom stereocenters. The third kappa shape index (κ3) is 3.49. The fraction of sp³-hybridized carbons (Fsp3) is 0.455. The first-order valence-electron chi connectivity index (χ1n) is 4.79. The highest BCUT2D eigenvalue weighted by atomic mass is 19.1. The van der Waals surface area contributed by atoms with E-state index in [0.717, 1.165) is 5.56 Å². The number of methoxy groups -OCH3 is 1. The Morgan fingerprint density at radius 2 is 2.20 bits per heavy atom. The van der Waals surface area contributed by atoms with Crippen LogP contribution < -0.4 is 4.74 Å². The van der Waals surface area contributed by atoms with Gasteiger partial charge in [-0.1, -0.05) is 0 Å². The van der Waals surface area contributed by atoms with Crippen LogP contribution in [0.25, 0.3) is 0 Å². The van der Waals surface area contributed by atoms with Crippen molar-refractivity contribution in [1.82, 2.24) is 4.90 Å². The van der Waals surface area contributed by atoms with Gasteiger partial charge in [-0.05, 0) is 37.2 Å². The minimum Gasteiger partial charge on any atom is -0.496 e. The van der Waals surface area contributed by atoms with Crippen LogP contribution in [0.2, 0.25) is 0 Å². The van der Waals surface area contributed by atoms with Crippen molar-refractivity contribution in [3.8, 4) is 5.75 Å². The summed E-state index contributed by atoms with van der Waals surface area (Å²) in [7, 11) is 3.36. The largest absolute Gasteiger partial charge is 0.496 e. The molecule has 4 heteroatoms. The van der Waals surface area contributed by atoms with Crippen molar-refractivity contribution < 1.29 is 14.2 Å². The number of aliphatic hydroxyl groups is 1. The third-order valence-electron chi connectivity index (χ3n) is 2.25. The lowest BCUT2D eigenvalue weighted by atomic mass is 10.1. The van der Waals surface area contributed by atoms with Crippen LogP contribution in [0.1, 0.15) is 5.56 Å². The molecule has 0 aliphatic carbocycles. The van der Waals surface area contributed by atoms with Crippen LogP contribution in [-0.2, 0) is 6.42 Å². The number of hydrogen-bond acceptors (Lipinski definition) is 3. The van der Waals surface area contributed by atoms with Crippen molar-refractivity contribution in [1.29, 1.82) is 0 Å². The zero-order valence-corrected chi connectivity index (χ0v) is 9.03. The van der Waals surface area contributed by atoms with Crippen LogP contribution in [0.15, 0.2) is 18.2 Å². The number of aliphatic hydroxyl groups excluding tert-OH is 1. The molecule has 0 heterocycles. The molecule has 1 aromatic carbocycles. The average Bonchev–Trinajstić information content (AvgIpc) is 2.26. The van der Waals surface area contributed by atoms with Crippen LogP contribution in [0.5, 0.6) is 5.75 Å². The second-order valence-electron chi connectivity index (χ2n) is 3.43. The molecule has 0 saturated carbocycles. The maximum atomic E-state index is 13.0. The number of hydrogen-bond donors (Lipinski definition) is 1. The Bertz CT molecular complexity index is 317. The number of benzene rings is 1. The van der Waals surface area contributed by atoms with E-state index in [1.54, 1.807) is 25.1 Å². The third-order valence-corrected chi connectivity index (χ3v) is 2.25. The van der Waals surface area contributed by atoms with E-state index in [1.165, 1.54) is 12.1 Å². The van der Waals surface area contributed by atoms with Crippen LogP contribution in [0.4, 0.5) is 4.39 Å². The molecule has 0 aliphatic rings. The molecule has 1 aromatic rings. The van der Waals surface area contributed by atoms with Gasteiger partial charge in [0.2, 0.25) is 0 Å². The van der Waals surface area contributed by atoms with Gasteiger partial charge >= 0.3 is 0 Å². The van der Waals surface area contributed by atoms with E-state index in [1.807, 2.05) is 0 Å². The van der Waals surface area contributed by atoms with Crippen molar-refractivity contribution in [3.05, 3.63) is 29.6 Å². The summed E-state index contributed by atoms with van der Waals surface area (Å²) in [6.45, 7) is 0.661. The summed E-state index contributed by atoms with van der Waals surface area (Å²) in [5.41, 5.74) is 0.817. The summed E-state index contributed by atoms with van der Waals surface area (Å²) in [4.78, 5) is 1.74. The Morgan fingerprint density at radius 3 is 2.80 bits per heavy atom. The van der Waals surface area contributed by atoms with Crippen LogP contribution >= 0.6 is 0 Å². The predicted octanol–water partition coefficient (Wildman–Crippen LogP) is 1.26. The van der Waals surface area contributed by atoms with Gasteiger partial charge in [0, 0.05) is 6.54 Å². The first-order chi connectivity index (χ1) is 7.17. The number of rotatable bonds is 5. The summed E-state index contributed by atoms with van der Waals surface area (Å²) in [6.07, 6.45) is 0.651. The molecule has 0 amide bonds. The van der Waals surface area contributed by atoms with Gasteiger partial charge in [-0.3, -0.25) is 4.90 Å². The van der Waals surface area contributed by atoms with E-state index >= 15 is 0 Å². The first-order valence-corrected chi connectivity index (χ1v) is 4.79. The highest BCUT2D eigenvalue weighted by Gasteiger charge is 2.05. The van der Waals surface area contributed by atoms with Gasteiger partial charge in [0.1, 0.15) is 11.6 Å². The van der Waals surface area contributed by atoms with Crippen molar-refractivity contribution in [3.63, 3.8) is 0 Å². The predicted molar refractivity (Wildman–Crippen MR) is 56.4 cm³/mol. The van der Waals surface area contributed by atoms with Gasteiger partial charge in [-0.2, -0.15) is 0 Å². The Hall–Kier alpha value is -1.13. The molecule has 0 aliphatic heterocycles. The minimum atomic E-state index is -0.266. The van der Waals surface area contributed by atoms with E-state index in [0.29, 0.717) is 18.7 Å². The van der Waals surface area contributed by atoms with Crippen LogP contribution in [-0.4, -0.2) is 37.4 Å². The zero-order valence-electron chi connectivity index (χ0n) is 9.03. The van der Waals surface area contributed by atoms with Gasteiger partial charge in [0.05, 0.1) is 13.8 Å². The lowest BCUT2D eigenvalue weighted by Gasteiger charge is -2.14. The lowest BCUT2D eigenvalue weighted by Crippen LogP contribution is -2.22. The Morgan fingerprint density at radius 1 is 1.47 bits per heavy atom. The highest BCUT2D eigenvalue weighted by Crippen LogP contribution is 2.19. The van der Waals surface area contributed by atoms with Crippen LogP contribution in [0.3, 0.4) is 0 Å².